The van der Waals surface area contributed by atoms with E-state index in [1.807, 2.05) is 13.1 Å². The molecule has 0 spiro atoms. The van der Waals surface area contributed by atoms with Crippen LogP contribution < -0.4 is 5.73 Å². The van der Waals surface area contributed by atoms with Gasteiger partial charge in [-0.3, -0.25) is 0 Å². The molecule has 15 heteroatoms. The Bertz CT molecular complexity index is 735. The van der Waals surface area contributed by atoms with E-state index in [1.54, 1.807) is 11.8 Å². The van der Waals surface area contributed by atoms with E-state index in [1.165, 1.54) is 24.6 Å². The molecule has 12 nitrogen and oxygen atoms in total. The van der Waals surface area contributed by atoms with Crippen LogP contribution in [-0.2, 0) is 28.4 Å². The number of amidine groups is 1. The molecule has 0 aromatic rings. The summed E-state index contributed by atoms with van der Waals surface area (Å²) in [5.74, 6) is 0. The molecule has 2 unspecified atom stereocenters. The molecular formula is C26H54N6O6SSi2. The number of ether oxygens (including phenoxy) is 6. The summed E-state index contributed by atoms with van der Waals surface area (Å²) in [6, 6.07) is 4.21. The van der Waals surface area contributed by atoms with Crippen LogP contribution in [0.25, 0.3) is 10.4 Å². The molecule has 0 aromatic heterocycles. The summed E-state index contributed by atoms with van der Waals surface area (Å²) >= 11 is 1.73. The van der Waals surface area contributed by atoms with Gasteiger partial charge in [-0.25, -0.2) is 9.98 Å². The van der Waals surface area contributed by atoms with Crippen molar-refractivity contribution in [3.05, 3.63) is 22.2 Å². The molecule has 2 N–H and O–H groups in total. The van der Waals surface area contributed by atoms with Crippen molar-refractivity contribution in [3.63, 3.8) is 0 Å². The third kappa shape index (κ3) is 30.2. The van der Waals surface area contributed by atoms with E-state index in [0.29, 0.717) is 85.8 Å². The molecule has 0 aliphatic rings. The summed E-state index contributed by atoms with van der Waals surface area (Å²) in [5.41, 5.74) is 14.8. The van der Waals surface area contributed by atoms with Gasteiger partial charge in [0.25, 0.3) is 0 Å². The number of aliphatic imine (C=N–C) groups is 2. The first-order valence-electron chi connectivity index (χ1n) is 14.5. The van der Waals surface area contributed by atoms with E-state index in [0.717, 1.165) is 22.7 Å². The smallest absolute Gasteiger partial charge is 0.186 e. The topological polar surface area (TPSA) is 155 Å². The molecule has 0 heterocycles. The monoisotopic (exact) mass is 634 g/mol. The Kier molecular flexibility index (Phi) is 31.0. The fraction of sp³-hybridized carbons (Fsp3) is 0.846. The molecule has 0 saturated carbocycles. The van der Waals surface area contributed by atoms with E-state index in [-0.39, 0.29) is 0 Å². The molecule has 2 atom stereocenters. The van der Waals surface area contributed by atoms with Gasteiger partial charge >= 0.3 is 0 Å². The number of rotatable bonds is 29. The summed E-state index contributed by atoms with van der Waals surface area (Å²) in [5, 5.41) is 5.26. The van der Waals surface area contributed by atoms with E-state index in [4.69, 9.17) is 39.7 Å². The van der Waals surface area contributed by atoms with Gasteiger partial charge in [0.1, 0.15) is 0 Å². The van der Waals surface area contributed by atoms with Crippen molar-refractivity contribution in [1.82, 2.24) is 0 Å². The average Bonchev–Trinajstić information content (AvgIpc) is 2.98. The Morgan fingerprint density at radius 2 is 1.34 bits per heavy atom. The minimum absolute atomic E-state index is 0.332. The molecule has 41 heavy (non-hydrogen) atoms. The van der Waals surface area contributed by atoms with Crippen LogP contribution in [0, 0.1) is 0 Å². The van der Waals surface area contributed by atoms with Crippen LogP contribution in [0.1, 0.15) is 13.3 Å². The number of thioether (sulfide) groups is 1. The molecule has 0 bridgehead atoms. The zero-order chi connectivity index (χ0) is 30.2. The lowest BCUT2D eigenvalue weighted by Crippen LogP contribution is -2.17. The van der Waals surface area contributed by atoms with Crippen LogP contribution in [0.2, 0.25) is 31.2 Å². The first-order chi connectivity index (χ1) is 20.0. The Morgan fingerprint density at radius 1 is 0.829 bits per heavy atom. The van der Waals surface area contributed by atoms with Gasteiger partial charge in [0.05, 0.1) is 79.3 Å². The maximum Gasteiger partial charge on any atom is 0.186 e. The predicted molar refractivity (Wildman–Crippen MR) is 176 cm³/mol. The Morgan fingerprint density at radius 3 is 1.85 bits per heavy atom. The van der Waals surface area contributed by atoms with Crippen LogP contribution >= 0.6 is 11.8 Å². The summed E-state index contributed by atoms with van der Waals surface area (Å²) < 4.78 is 32.7. The minimum Gasteiger partial charge on any atom is -0.379 e. The van der Waals surface area contributed by atoms with E-state index in [9.17, 15) is 0 Å². The summed E-state index contributed by atoms with van der Waals surface area (Å²) in [6.07, 6.45) is 3.00. The van der Waals surface area contributed by atoms with Gasteiger partial charge in [-0.05, 0) is 43.1 Å². The fourth-order valence-corrected chi connectivity index (χ4v) is 11.7. The highest BCUT2D eigenvalue weighted by atomic mass is 32.2. The van der Waals surface area contributed by atoms with Crippen molar-refractivity contribution in [2.45, 2.75) is 44.6 Å². The van der Waals surface area contributed by atoms with Crippen molar-refractivity contribution >= 4 is 41.2 Å². The van der Waals surface area contributed by atoms with Crippen molar-refractivity contribution in [3.8, 4) is 0 Å². The maximum atomic E-state index is 8.14. The molecular weight excluding hydrogens is 581 g/mol. The minimum atomic E-state index is -0.758. The van der Waals surface area contributed by atoms with Crippen LogP contribution in [0.3, 0.4) is 0 Å². The van der Waals surface area contributed by atoms with Gasteiger partial charge in [-0.15, -0.1) is 0 Å². The number of nitrogens with two attached hydrogens (primary N) is 1. The Balaban J connectivity index is 3.63. The van der Waals surface area contributed by atoms with Gasteiger partial charge in [0.15, 0.2) is 5.17 Å². The molecule has 0 aromatic carbocycles. The average molecular weight is 635 g/mol. The van der Waals surface area contributed by atoms with Crippen molar-refractivity contribution < 1.29 is 28.4 Å². The zero-order valence-electron chi connectivity index (χ0n) is 25.5. The van der Waals surface area contributed by atoms with E-state index in [2.05, 4.69) is 39.8 Å². The molecule has 0 radical (unpaired) electrons. The lowest BCUT2D eigenvalue weighted by atomic mass is 10.4. The number of azide groups is 1. The van der Waals surface area contributed by atoms with Crippen LogP contribution in [0.4, 0.5) is 0 Å². The second-order valence-corrected chi connectivity index (χ2v) is 17.8. The molecule has 0 aliphatic carbocycles. The lowest BCUT2D eigenvalue weighted by molar-refractivity contribution is -0.0155. The predicted octanol–water partition coefficient (Wildman–Crippen LogP) is 3.69. The molecule has 238 valence electrons. The first kappa shape index (κ1) is 39.9. The van der Waals surface area contributed by atoms with Gasteiger partial charge in [-0.2, -0.15) is 0 Å². The lowest BCUT2D eigenvalue weighted by Gasteiger charge is -2.13. The van der Waals surface area contributed by atoms with E-state index >= 15 is 0 Å². The molecule has 0 rings (SSSR count). The van der Waals surface area contributed by atoms with E-state index < -0.39 is 17.6 Å². The Hall–Kier alpha value is -1.11. The van der Waals surface area contributed by atoms with Crippen molar-refractivity contribution in [2.24, 2.45) is 20.8 Å². The number of nitrogens with zero attached hydrogens (tertiary/aromatic N) is 5. The van der Waals surface area contributed by atoms with Crippen molar-refractivity contribution in [2.75, 3.05) is 97.7 Å². The molecule has 0 saturated heterocycles. The van der Waals surface area contributed by atoms with Gasteiger partial charge in [0, 0.05) is 35.2 Å². The highest BCUT2D eigenvalue weighted by Gasteiger charge is 2.10. The third-order valence-corrected chi connectivity index (χ3v) is 13.8. The standard InChI is InChI=1S/C26H54N6O6SSi2/c1-25(22-30-26(29-2)39-24-41(4)21-20-40(3)19-5-6-27)23-38-18-17-37-16-15-36-14-13-35-12-11-34-10-9-33-8-7-31-32-28/h22,40-41H,2,5-21,23-24,27H2,1,3-4H3/b25-22+,30-26+. The first-order valence-corrected chi connectivity index (χ1v) is 21.1. The highest BCUT2D eigenvalue weighted by molar-refractivity contribution is 8.15. The van der Waals surface area contributed by atoms with Crippen LogP contribution in [0.5, 0.6) is 0 Å². The summed E-state index contributed by atoms with van der Waals surface area (Å²) in [4.78, 5) is 11.2. The number of hydrogen-bond acceptors (Lipinski definition) is 10. The number of hydrogen-bond donors (Lipinski definition) is 1. The second kappa shape index (κ2) is 31.8. The second-order valence-electron chi connectivity index (χ2n) is 9.64. The quantitative estimate of drug-likeness (QED) is 0.0248. The largest absolute Gasteiger partial charge is 0.379 e. The van der Waals surface area contributed by atoms with Crippen molar-refractivity contribution in [1.29, 1.82) is 0 Å². The summed E-state index contributed by atoms with van der Waals surface area (Å²) in [7, 11) is -1.33. The third-order valence-electron chi connectivity index (χ3n) is 5.67. The normalized spacial score (nSPS) is 13.7. The SMILES string of the molecule is C=N/C(=N\C=C(/C)COCCOCCOCCOCCOCCOCCN=[N+]=[N-])SC[SiH](C)CC[SiH](C)CCCN. The highest BCUT2D eigenvalue weighted by Crippen LogP contribution is 2.14. The molecule has 0 fully saturated rings. The molecule has 0 aliphatic heterocycles. The van der Waals surface area contributed by atoms with Crippen LogP contribution in [-0.4, -0.2) is 127 Å². The Labute approximate surface area is 254 Å². The zero-order valence-corrected chi connectivity index (χ0v) is 28.7. The fourth-order valence-electron chi connectivity index (χ4n) is 3.29. The van der Waals surface area contributed by atoms with Crippen LogP contribution in [0.15, 0.2) is 26.9 Å². The molecule has 0 amide bonds. The van der Waals surface area contributed by atoms with Gasteiger partial charge < -0.3 is 34.2 Å². The maximum absolute atomic E-state index is 8.14. The van der Waals surface area contributed by atoms with Gasteiger partial charge in [-0.1, -0.05) is 48.1 Å². The van der Waals surface area contributed by atoms with Gasteiger partial charge in [0.2, 0.25) is 0 Å². The summed E-state index contributed by atoms with van der Waals surface area (Å²) in [6.45, 7) is 17.6.